The van der Waals surface area contributed by atoms with Gasteiger partial charge in [-0.1, -0.05) is 0 Å². The van der Waals surface area contributed by atoms with Gasteiger partial charge in [-0.05, 0) is 60.9 Å². The van der Waals surface area contributed by atoms with Gasteiger partial charge in [0.05, 0.1) is 29.1 Å². The van der Waals surface area contributed by atoms with E-state index in [4.69, 9.17) is 4.74 Å². The van der Waals surface area contributed by atoms with Crippen LogP contribution in [0, 0.1) is 6.92 Å². The van der Waals surface area contributed by atoms with Crippen molar-refractivity contribution in [1.82, 2.24) is 4.37 Å². The molecule has 0 aliphatic carbocycles. The summed E-state index contributed by atoms with van der Waals surface area (Å²) in [7, 11) is -4.18. The third-order valence-electron chi connectivity index (χ3n) is 4.80. The number of alkyl halides is 3. The van der Waals surface area contributed by atoms with Crippen molar-refractivity contribution in [3.8, 4) is 5.75 Å². The van der Waals surface area contributed by atoms with Crippen molar-refractivity contribution in [3.63, 3.8) is 0 Å². The Morgan fingerprint density at radius 3 is 2.53 bits per heavy atom. The van der Waals surface area contributed by atoms with Crippen LogP contribution in [0.1, 0.15) is 21.6 Å². The van der Waals surface area contributed by atoms with E-state index >= 15 is 0 Å². The highest BCUT2D eigenvalue weighted by atomic mass is 32.2. The molecule has 1 N–H and O–H groups in total. The molecule has 1 amide bonds. The maximum atomic E-state index is 13.3. The van der Waals surface area contributed by atoms with Gasteiger partial charge in [-0.25, -0.2) is 8.42 Å². The van der Waals surface area contributed by atoms with Crippen LogP contribution in [-0.4, -0.2) is 31.9 Å². The molecule has 0 saturated carbocycles. The minimum atomic E-state index is -4.53. The number of fused-ring (bicyclic) bond motifs is 1. The van der Waals surface area contributed by atoms with Crippen LogP contribution >= 0.6 is 11.5 Å². The van der Waals surface area contributed by atoms with Gasteiger partial charge in [0.25, 0.3) is 15.9 Å². The predicted molar refractivity (Wildman–Crippen MR) is 113 cm³/mol. The number of ether oxygens (including phenoxy) is 1. The predicted octanol–water partition coefficient (Wildman–Crippen LogP) is 4.31. The fourth-order valence-electron chi connectivity index (χ4n) is 3.18. The molecule has 1 aliphatic heterocycles. The molecule has 2 heterocycles. The Bertz CT molecular complexity index is 1270. The first-order valence-corrected chi connectivity index (χ1v) is 11.5. The van der Waals surface area contributed by atoms with Crippen molar-refractivity contribution < 1.29 is 31.1 Å². The normalized spacial score (nSPS) is 15.4. The lowest BCUT2D eigenvalue weighted by atomic mass is 10.2. The van der Waals surface area contributed by atoms with E-state index in [2.05, 4.69) is 9.69 Å². The summed E-state index contributed by atoms with van der Waals surface area (Å²) in [6.45, 7) is 1.59. The van der Waals surface area contributed by atoms with Gasteiger partial charge < -0.3 is 10.1 Å². The van der Waals surface area contributed by atoms with Crippen LogP contribution in [0.2, 0.25) is 0 Å². The van der Waals surface area contributed by atoms with E-state index in [-0.39, 0.29) is 35.2 Å². The summed E-state index contributed by atoms with van der Waals surface area (Å²) >= 11 is 1.13. The highest BCUT2D eigenvalue weighted by Gasteiger charge is 2.34. The Balaban J connectivity index is 1.67. The average molecular weight is 483 g/mol. The van der Waals surface area contributed by atoms with Crippen LogP contribution in [0.5, 0.6) is 5.75 Å². The smallest absolute Gasteiger partial charge is 0.416 e. The fraction of sp³-hybridized carbons (Fsp3) is 0.200. The minimum absolute atomic E-state index is 0.00126. The van der Waals surface area contributed by atoms with E-state index in [1.165, 1.54) is 18.2 Å². The Morgan fingerprint density at radius 2 is 1.91 bits per heavy atom. The quantitative estimate of drug-likeness (QED) is 0.600. The number of aromatic nitrogens is 1. The first-order chi connectivity index (χ1) is 15.1. The molecule has 0 fully saturated rings. The number of aryl methyl sites for hydroxylation is 1. The Labute approximate surface area is 185 Å². The third kappa shape index (κ3) is 4.15. The van der Waals surface area contributed by atoms with Crippen molar-refractivity contribution in [2.24, 2.45) is 0 Å². The summed E-state index contributed by atoms with van der Waals surface area (Å²) in [5.41, 5.74) is 0.333. The molecule has 12 heteroatoms. The fourth-order valence-corrected chi connectivity index (χ4v) is 5.48. The highest BCUT2D eigenvalue weighted by Crippen LogP contribution is 2.36. The van der Waals surface area contributed by atoms with Crippen LogP contribution in [-0.2, 0) is 16.2 Å². The number of rotatable bonds is 3. The van der Waals surface area contributed by atoms with Crippen molar-refractivity contribution in [2.45, 2.75) is 18.0 Å². The van der Waals surface area contributed by atoms with Gasteiger partial charge >= 0.3 is 6.18 Å². The molecule has 0 unspecified atom stereocenters. The van der Waals surface area contributed by atoms with E-state index < -0.39 is 27.7 Å². The number of nitrogens with zero attached hydrogens (tertiary/aromatic N) is 2. The Morgan fingerprint density at radius 1 is 1.19 bits per heavy atom. The van der Waals surface area contributed by atoms with Crippen molar-refractivity contribution in [3.05, 3.63) is 64.7 Å². The number of carbonyl (C=O) groups is 1. The molecule has 7 nitrogen and oxygen atoms in total. The molecule has 168 valence electrons. The zero-order valence-corrected chi connectivity index (χ0v) is 18.1. The summed E-state index contributed by atoms with van der Waals surface area (Å²) in [6, 6.07) is 8.05. The van der Waals surface area contributed by atoms with Crippen LogP contribution in [0.25, 0.3) is 0 Å². The largest absolute Gasteiger partial charge is 0.490 e. The second kappa shape index (κ2) is 8.10. The molecule has 0 atom stereocenters. The summed E-state index contributed by atoms with van der Waals surface area (Å²) in [5.74, 6) is -0.353. The number of nitrogens with one attached hydrogen (secondary N) is 1. The number of halogens is 3. The van der Waals surface area contributed by atoms with Crippen LogP contribution < -0.4 is 14.4 Å². The number of amides is 1. The lowest BCUT2D eigenvalue weighted by molar-refractivity contribution is -0.137. The van der Waals surface area contributed by atoms with Crippen LogP contribution in [0.4, 0.5) is 24.5 Å². The van der Waals surface area contributed by atoms with E-state index in [0.717, 1.165) is 40.1 Å². The molecule has 4 rings (SSSR count). The summed E-state index contributed by atoms with van der Waals surface area (Å²) in [6.07, 6.45) is -4.53. The number of hydrogen-bond acceptors (Lipinski definition) is 6. The molecule has 1 aliphatic rings. The first-order valence-electron chi connectivity index (χ1n) is 9.26. The van der Waals surface area contributed by atoms with Gasteiger partial charge in [-0.3, -0.25) is 9.10 Å². The number of carbonyl (C=O) groups excluding carboxylic acids is 1. The third-order valence-corrected chi connectivity index (χ3v) is 7.37. The lowest BCUT2D eigenvalue weighted by Gasteiger charge is -2.22. The second-order valence-corrected chi connectivity index (χ2v) is 9.36. The van der Waals surface area contributed by atoms with Crippen molar-refractivity contribution >= 4 is 38.8 Å². The molecular weight excluding hydrogens is 467 g/mol. The topological polar surface area (TPSA) is 88.6 Å². The maximum absolute atomic E-state index is 13.3. The van der Waals surface area contributed by atoms with E-state index in [1.54, 1.807) is 12.3 Å². The van der Waals surface area contributed by atoms with Gasteiger partial charge in [0.1, 0.15) is 17.3 Å². The van der Waals surface area contributed by atoms with Crippen LogP contribution in [0.15, 0.2) is 52.7 Å². The van der Waals surface area contributed by atoms with Crippen molar-refractivity contribution in [2.75, 3.05) is 22.8 Å². The minimum Gasteiger partial charge on any atom is -0.490 e. The second-order valence-electron chi connectivity index (χ2n) is 6.90. The van der Waals surface area contributed by atoms with Gasteiger partial charge in [0.2, 0.25) is 0 Å². The number of anilines is 2. The van der Waals surface area contributed by atoms with E-state index in [1.807, 2.05) is 0 Å². The number of sulfonamides is 1. The zero-order valence-electron chi connectivity index (χ0n) is 16.5. The average Bonchev–Trinajstić information content (AvgIpc) is 3.12. The summed E-state index contributed by atoms with van der Waals surface area (Å²) in [4.78, 5) is 12.3. The summed E-state index contributed by atoms with van der Waals surface area (Å²) < 4.78 is 75.8. The Hall–Kier alpha value is -3.12. The molecule has 1 aromatic heterocycles. The molecule has 3 aromatic rings. The van der Waals surface area contributed by atoms with Gasteiger partial charge in [0, 0.05) is 11.1 Å². The van der Waals surface area contributed by atoms with Gasteiger partial charge in [0.15, 0.2) is 0 Å². The van der Waals surface area contributed by atoms with E-state index in [9.17, 15) is 26.4 Å². The number of hydrogen-bond donors (Lipinski definition) is 1. The molecular formula is C20H16F3N3O4S2. The molecule has 0 spiro atoms. The molecule has 0 saturated heterocycles. The number of benzene rings is 2. The van der Waals surface area contributed by atoms with Crippen LogP contribution in [0.3, 0.4) is 0 Å². The molecule has 0 radical (unpaired) electrons. The zero-order chi connectivity index (χ0) is 23.1. The maximum Gasteiger partial charge on any atom is 0.416 e. The standard InChI is InChI=1S/C20H16F3N3O4S2/c1-12-16(11-31-25-12)19(27)24-14-4-7-17-18(10-14)32(28,29)26(8-9-30-17)15-5-2-13(3-6-15)20(21,22)23/h2-7,10-11H,8-9H2,1H3,(H,24,27). The highest BCUT2D eigenvalue weighted by molar-refractivity contribution is 7.93. The van der Waals surface area contributed by atoms with Gasteiger partial charge in [-0.2, -0.15) is 17.5 Å². The SMILES string of the molecule is Cc1nscc1C(=O)Nc1ccc2c(c1)S(=O)(=O)N(c1ccc(C(F)(F)F)cc1)CCO2. The first kappa shape index (κ1) is 22.1. The molecule has 32 heavy (non-hydrogen) atoms. The summed E-state index contributed by atoms with van der Waals surface area (Å²) in [5, 5.41) is 4.22. The molecule has 0 bridgehead atoms. The van der Waals surface area contributed by atoms with E-state index in [0.29, 0.717) is 11.3 Å². The monoisotopic (exact) mass is 483 g/mol. The van der Waals surface area contributed by atoms with Crippen molar-refractivity contribution in [1.29, 1.82) is 0 Å². The Kier molecular flexibility index (Phi) is 5.59. The molecule has 2 aromatic carbocycles. The van der Waals surface area contributed by atoms with Gasteiger partial charge in [-0.15, -0.1) is 0 Å². The lowest BCUT2D eigenvalue weighted by Crippen LogP contribution is -2.32.